The third kappa shape index (κ3) is 6.39. The zero-order valence-corrected chi connectivity index (χ0v) is 12.1. The largest absolute Gasteiger partial charge is 0.356 e. The summed E-state index contributed by atoms with van der Waals surface area (Å²) in [7, 11) is 0. The van der Waals surface area contributed by atoms with Gasteiger partial charge in [0.25, 0.3) is 0 Å². The lowest BCUT2D eigenvalue weighted by Crippen LogP contribution is -2.30. The molecule has 1 aliphatic rings. The normalized spacial score (nSPS) is 18.2. The van der Waals surface area contributed by atoms with E-state index in [0.29, 0.717) is 24.8 Å². The first-order chi connectivity index (χ1) is 8.61. The molecule has 0 spiro atoms. The maximum atomic E-state index is 11.8. The molecule has 18 heavy (non-hydrogen) atoms. The summed E-state index contributed by atoms with van der Waals surface area (Å²) in [5.41, 5.74) is 5.72. The van der Waals surface area contributed by atoms with Crippen LogP contribution in [0.2, 0.25) is 0 Å². The van der Waals surface area contributed by atoms with Gasteiger partial charge in [0.1, 0.15) is 0 Å². The second kappa shape index (κ2) is 8.52. The lowest BCUT2D eigenvalue weighted by atomic mass is 9.94. The highest BCUT2D eigenvalue weighted by atomic mass is 16.1. The van der Waals surface area contributed by atoms with Gasteiger partial charge in [0.2, 0.25) is 5.91 Å². The number of rotatable bonds is 8. The molecule has 0 heterocycles. The van der Waals surface area contributed by atoms with Crippen LogP contribution in [0.1, 0.15) is 58.8 Å². The average molecular weight is 254 g/mol. The van der Waals surface area contributed by atoms with Gasteiger partial charge in [-0.05, 0) is 37.1 Å². The number of nitrogens with two attached hydrogens (primary N) is 1. The van der Waals surface area contributed by atoms with Gasteiger partial charge >= 0.3 is 0 Å². The fourth-order valence-electron chi connectivity index (χ4n) is 2.98. The third-order valence-corrected chi connectivity index (χ3v) is 3.96. The van der Waals surface area contributed by atoms with E-state index < -0.39 is 0 Å². The van der Waals surface area contributed by atoms with Gasteiger partial charge < -0.3 is 11.1 Å². The van der Waals surface area contributed by atoms with Gasteiger partial charge in [0.05, 0.1) is 0 Å². The Balaban J connectivity index is 2.11. The Morgan fingerprint density at radius 3 is 2.56 bits per heavy atom. The average Bonchev–Trinajstić information content (AvgIpc) is 2.80. The highest BCUT2D eigenvalue weighted by molar-refractivity contribution is 5.76. The van der Waals surface area contributed by atoms with Crippen molar-refractivity contribution in [1.82, 2.24) is 5.32 Å². The van der Waals surface area contributed by atoms with E-state index in [-0.39, 0.29) is 5.91 Å². The van der Waals surface area contributed by atoms with E-state index in [0.717, 1.165) is 25.3 Å². The molecule has 1 aliphatic carbocycles. The van der Waals surface area contributed by atoms with Crippen molar-refractivity contribution in [2.45, 2.75) is 58.8 Å². The second-order valence-electron chi connectivity index (χ2n) is 6.22. The quantitative estimate of drug-likeness (QED) is 0.699. The molecule has 106 valence electrons. The van der Waals surface area contributed by atoms with E-state index >= 15 is 0 Å². The van der Waals surface area contributed by atoms with Crippen LogP contribution in [0.3, 0.4) is 0 Å². The summed E-state index contributed by atoms with van der Waals surface area (Å²) in [6.45, 7) is 5.83. The summed E-state index contributed by atoms with van der Waals surface area (Å²) in [5, 5.41) is 3.05. The van der Waals surface area contributed by atoms with E-state index in [2.05, 4.69) is 19.2 Å². The van der Waals surface area contributed by atoms with Gasteiger partial charge in [-0.25, -0.2) is 0 Å². The Bertz CT molecular complexity index is 235. The SMILES string of the molecule is CC(C)CC(CN)CC(=O)NCCC1CCCC1. The molecule has 0 saturated heterocycles. The molecular formula is C15H30N2O. The van der Waals surface area contributed by atoms with E-state index in [1.807, 2.05) is 0 Å². The van der Waals surface area contributed by atoms with Crippen LogP contribution in [0.5, 0.6) is 0 Å². The first kappa shape index (κ1) is 15.5. The lowest BCUT2D eigenvalue weighted by Gasteiger charge is -2.17. The molecule has 3 N–H and O–H groups in total. The second-order valence-corrected chi connectivity index (χ2v) is 6.22. The molecule has 0 bridgehead atoms. The molecule has 3 nitrogen and oxygen atoms in total. The molecule has 3 heteroatoms. The van der Waals surface area contributed by atoms with E-state index in [1.165, 1.54) is 25.7 Å². The molecule has 1 unspecified atom stereocenters. The third-order valence-electron chi connectivity index (χ3n) is 3.96. The van der Waals surface area contributed by atoms with Gasteiger partial charge in [-0.15, -0.1) is 0 Å². The monoisotopic (exact) mass is 254 g/mol. The standard InChI is InChI=1S/C15H30N2O/c1-12(2)9-14(11-16)10-15(18)17-8-7-13-5-3-4-6-13/h12-14H,3-11,16H2,1-2H3,(H,17,18). The maximum Gasteiger partial charge on any atom is 0.220 e. The van der Waals surface area contributed by atoms with Crippen LogP contribution in [0.15, 0.2) is 0 Å². The Hall–Kier alpha value is -0.570. The fourth-order valence-corrected chi connectivity index (χ4v) is 2.98. The van der Waals surface area contributed by atoms with Gasteiger partial charge in [-0.1, -0.05) is 39.5 Å². The van der Waals surface area contributed by atoms with Crippen LogP contribution in [0, 0.1) is 17.8 Å². The molecule has 1 rings (SSSR count). The Labute approximate surface area is 112 Å². The van der Waals surface area contributed by atoms with E-state index in [1.54, 1.807) is 0 Å². The highest BCUT2D eigenvalue weighted by Crippen LogP contribution is 2.26. The minimum atomic E-state index is 0.184. The summed E-state index contributed by atoms with van der Waals surface area (Å²) >= 11 is 0. The zero-order chi connectivity index (χ0) is 13.4. The number of carbonyl (C=O) groups is 1. The first-order valence-corrected chi connectivity index (χ1v) is 7.58. The molecule has 0 aromatic carbocycles. The molecule has 1 atom stereocenters. The van der Waals surface area contributed by atoms with Crippen molar-refractivity contribution in [3.63, 3.8) is 0 Å². The van der Waals surface area contributed by atoms with Gasteiger partial charge in [0, 0.05) is 13.0 Å². The number of carbonyl (C=O) groups excluding carboxylic acids is 1. The van der Waals surface area contributed by atoms with Crippen molar-refractivity contribution in [3.8, 4) is 0 Å². The molecule has 1 saturated carbocycles. The van der Waals surface area contributed by atoms with Crippen molar-refractivity contribution in [1.29, 1.82) is 0 Å². The number of hydrogen-bond acceptors (Lipinski definition) is 2. The molecule has 1 amide bonds. The van der Waals surface area contributed by atoms with Crippen LogP contribution in [0.25, 0.3) is 0 Å². The number of amides is 1. The Morgan fingerprint density at radius 1 is 1.33 bits per heavy atom. The Kier molecular flexibility index (Phi) is 7.33. The fraction of sp³-hybridized carbons (Fsp3) is 0.933. The molecular weight excluding hydrogens is 224 g/mol. The van der Waals surface area contributed by atoms with Crippen molar-refractivity contribution in [3.05, 3.63) is 0 Å². The van der Waals surface area contributed by atoms with Gasteiger partial charge in [0.15, 0.2) is 0 Å². The summed E-state index contributed by atoms with van der Waals surface area (Å²) in [4.78, 5) is 11.8. The van der Waals surface area contributed by atoms with Crippen molar-refractivity contribution in [2.75, 3.05) is 13.1 Å². The maximum absolute atomic E-state index is 11.8. The van der Waals surface area contributed by atoms with Crippen LogP contribution < -0.4 is 11.1 Å². The number of nitrogens with one attached hydrogen (secondary N) is 1. The zero-order valence-electron chi connectivity index (χ0n) is 12.1. The summed E-state index contributed by atoms with van der Waals surface area (Å²) in [6, 6.07) is 0. The van der Waals surface area contributed by atoms with Crippen molar-refractivity contribution >= 4 is 5.91 Å². The minimum absolute atomic E-state index is 0.184. The highest BCUT2D eigenvalue weighted by Gasteiger charge is 2.16. The number of hydrogen-bond donors (Lipinski definition) is 2. The summed E-state index contributed by atoms with van der Waals surface area (Å²) < 4.78 is 0. The molecule has 0 aliphatic heterocycles. The van der Waals surface area contributed by atoms with Gasteiger partial charge in [-0.2, -0.15) is 0 Å². The molecule has 0 aromatic rings. The molecule has 0 radical (unpaired) electrons. The lowest BCUT2D eigenvalue weighted by molar-refractivity contribution is -0.122. The van der Waals surface area contributed by atoms with Crippen LogP contribution in [-0.2, 0) is 4.79 Å². The molecule has 1 fully saturated rings. The Morgan fingerprint density at radius 2 is 2.00 bits per heavy atom. The summed E-state index contributed by atoms with van der Waals surface area (Å²) in [6.07, 6.45) is 8.27. The van der Waals surface area contributed by atoms with Crippen molar-refractivity contribution in [2.24, 2.45) is 23.5 Å². The van der Waals surface area contributed by atoms with Crippen LogP contribution in [-0.4, -0.2) is 19.0 Å². The van der Waals surface area contributed by atoms with Crippen molar-refractivity contribution < 1.29 is 4.79 Å². The minimum Gasteiger partial charge on any atom is -0.356 e. The van der Waals surface area contributed by atoms with Crippen LogP contribution in [0.4, 0.5) is 0 Å². The predicted molar refractivity (Wildman–Crippen MR) is 76.2 cm³/mol. The predicted octanol–water partition coefficient (Wildman–Crippen LogP) is 2.69. The topological polar surface area (TPSA) is 55.1 Å². The molecule has 0 aromatic heterocycles. The smallest absolute Gasteiger partial charge is 0.220 e. The van der Waals surface area contributed by atoms with E-state index in [9.17, 15) is 4.79 Å². The summed E-state index contributed by atoms with van der Waals surface area (Å²) in [5.74, 6) is 2.00. The van der Waals surface area contributed by atoms with E-state index in [4.69, 9.17) is 5.73 Å². The first-order valence-electron chi connectivity index (χ1n) is 7.58. The van der Waals surface area contributed by atoms with Gasteiger partial charge in [-0.3, -0.25) is 4.79 Å². The van der Waals surface area contributed by atoms with Crippen LogP contribution >= 0.6 is 0 Å².